The van der Waals surface area contributed by atoms with E-state index in [1.54, 1.807) is 0 Å². The van der Waals surface area contributed by atoms with Gasteiger partial charge in [-0.15, -0.1) is 0 Å². The van der Waals surface area contributed by atoms with Crippen molar-refractivity contribution in [2.24, 2.45) is 0 Å². The number of ether oxygens (including phenoxy) is 1. The third kappa shape index (κ3) is 2.33. The summed E-state index contributed by atoms with van der Waals surface area (Å²) < 4.78 is 27.8. The Kier molecular flexibility index (Phi) is 3.20. The molecule has 0 aliphatic rings. The summed E-state index contributed by atoms with van der Waals surface area (Å²) in [4.78, 5) is 9.61. The van der Waals surface area contributed by atoms with Crippen LogP contribution in [0, 0.1) is 21.4 Å². The number of nitriles is 1. The van der Waals surface area contributed by atoms with E-state index in [1.807, 2.05) is 0 Å². The Morgan fingerprint density at radius 1 is 1.56 bits per heavy atom. The molecule has 0 saturated heterocycles. The Hall–Kier alpha value is -2.43. The van der Waals surface area contributed by atoms with Crippen molar-refractivity contribution < 1.29 is 18.4 Å². The summed E-state index contributed by atoms with van der Waals surface area (Å²) in [5, 5.41) is 19.2. The Morgan fingerprint density at radius 3 is 2.62 bits per heavy atom. The molecule has 0 saturated carbocycles. The first-order chi connectivity index (χ1) is 7.45. The van der Waals surface area contributed by atoms with Crippen LogP contribution >= 0.6 is 0 Å². The lowest BCUT2D eigenvalue weighted by Gasteiger charge is -2.06. The maximum atomic E-state index is 12.0. The van der Waals surface area contributed by atoms with Gasteiger partial charge < -0.3 is 10.5 Å². The number of nitrogens with two attached hydrogens (primary N) is 1. The van der Waals surface area contributed by atoms with Crippen LogP contribution in [0.3, 0.4) is 0 Å². The van der Waals surface area contributed by atoms with E-state index in [1.165, 1.54) is 6.07 Å². The molecule has 2 N–H and O–H groups in total. The molecule has 1 rings (SSSR count). The molecule has 0 aliphatic carbocycles. The van der Waals surface area contributed by atoms with Crippen LogP contribution in [0.15, 0.2) is 12.1 Å². The molecular weight excluding hydrogens is 224 g/mol. The summed E-state index contributed by atoms with van der Waals surface area (Å²) in [6.45, 7) is -3.23. The van der Waals surface area contributed by atoms with E-state index in [0.717, 1.165) is 12.1 Å². The fraction of sp³-hybridized carbons (Fsp3) is 0.125. The Morgan fingerprint density at radius 2 is 2.19 bits per heavy atom. The van der Waals surface area contributed by atoms with Gasteiger partial charge in [0.05, 0.1) is 4.92 Å². The van der Waals surface area contributed by atoms with Crippen molar-refractivity contribution in [3.63, 3.8) is 0 Å². The highest BCUT2D eigenvalue weighted by molar-refractivity contribution is 5.65. The number of halogens is 2. The molecule has 0 unspecified atom stereocenters. The minimum Gasteiger partial charge on any atom is -0.427 e. The molecule has 8 heteroatoms. The summed E-state index contributed by atoms with van der Waals surface area (Å²) in [5.74, 6) is -0.725. The standard InChI is InChI=1S/C8H5F2N3O3/c9-8(10)16-6-2-5(12)1-4(3-11)7(6)13(14)15/h1-2,8H,12H2. The number of nitrogen functional groups attached to an aromatic ring is 1. The van der Waals surface area contributed by atoms with Crippen molar-refractivity contribution in [3.8, 4) is 11.8 Å². The number of benzene rings is 1. The zero-order chi connectivity index (χ0) is 12.3. The Balaban J connectivity index is 3.39. The quantitative estimate of drug-likeness (QED) is 0.482. The molecule has 0 fully saturated rings. The van der Waals surface area contributed by atoms with Crippen LogP contribution in [0.2, 0.25) is 0 Å². The van der Waals surface area contributed by atoms with E-state index in [0.29, 0.717) is 0 Å². The van der Waals surface area contributed by atoms with Crippen molar-refractivity contribution in [1.29, 1.82) is 5.26 Å². The number of nitrogens with zero attached hydrogens (tertiary/aromatic N) is 2. The van der Waals surface area contributed by atoms with Crippen LogP contribution in [0.25, 0.3) is 0 Å². The minimum atomic E-state index is -3.23. The topological polar surface area (TPSA) is 102 Å². The summed E-state index contributed by atoms with van der Waals surface area (Å²) in [6.07, 6.45) is 0. The number of anilines is 1. The molecule has 1 aromatic rings. The number of alkyl halides is 2. The molecule has 0 aromatic heterocycles. The summed E-state index contributed by atoms with van der Waals surface area (Å²) >= 11 is 0. The summed E-state index contributed by atoms with van der Waals surface area (Å²) in [7, 11) is 0. The molecule has 1 aromatic carbocycles. The maximum Gasteiger partial charge on any atom is 0.387 e. The fourth-order valence-corrected chi connectivity index (χ4v) is 1.09. The first kappa shape index (κ1) is 11.6. The molecule has 0 atom stereocenters. The molecule has 0 amide bonds. The molecule has 16 heavy (non-hydrogen) atoms. The predicted molar refractivity (Wildman–Crippen MR) is 48.9 cm³/mol. The number of nitro benzene ring substituents is 1. The molecule has 0 spiro atoms. The van der Waals surface area contributed by atoms with Crippen molar-refractivity contribution in [2.75, 3.05) is 5.73 Å². The molecule has 6 nitrogen and oxygen atoms in total. The molecular formula is C8H5F2N3O3. The van der Waals surface area contributed by atoms with Gasteiger partial charge in [-0.2, -0.15) is 14.0 Å². The number of hydrogen-bond donors (Lipinski definition) is 1. The number of nitro groups is 1. The predicted octanol–water partition coefficient (Wildman–Crippen LogP) is 1.65. The smallest absolute Gasteiger partial charge is 0.387 e. The van der Waals surface area contributed by atoms with Crippen LogP contribution in [-0.4, -0.2) is 11.5 Å². The van der Waals surface area contributed by atoms with Crippen molar-refractivity contribution >= 4 is 11.4 Å². The highest BCUT2D eigenvalue weighted by atomic mass is 19.3. The Labute approximate surface area is 88.0 Å². The maximum absolute atomic E-state index is 12.0. The second-order valence-electron chi connectivity index (χ2n) is 2.66. The van der Waals surface area contributed by atoms with E-state index < -0.39 is 28.5 Å². The van der Waals surface area contributed by atoms with E-state index in [4.69, 9.17) is 11.0 Å². The second-order valence-corrected chi connectivity index (χ2v) is 2.66. The van der Waals surface area contributed by atoms with Gasteiger partial charge in [0.25, 0.3) is 0 Å². The van der Waals surface area contributed by atoms with E-state index in [-0.39, 0.29) is 5.69 Å². The average molecular weight is 229 g/mol. The third-order valence-corrected chi connectivity index (χ3v) is 1.62. The second kappa shape index (κ2) is 4.39. The van der Waals surface area contributed by atoms with Crippen LogP contribution in [-0.2, 0) is 0 Å². The van der Waals surface area contributed by atoms with E-state index in [9.17, 15) is 18.9 Å². The third-order valence-electron chi connectivity index (χ3n) is 1.62. The van der Waals surface area contributed by atoms with Crippen LogP contribution in [0.4, 0.5) is 20.2 Å². The lowest BCUT2D eigenvalue weighted by Crippen LogP contribution is -2.06. The van der Waals surface area contributed by atoms with Gasteiger partial charge in [0.1, 0.15) is 11.6 Å². The highest BCUT2D eigenvalue weighted by Gasteiger charge is 2.24. The molecule has 0 bridgehead atoms. The average Bonchev–Trinajstić information content (AvgIpc) is 2.14. The first-order valence-corrected chi connectivity index (χ1v) is 3.88. The van der Waals surface area contributed by atoms with Gasteiger partial charge in [-0.1, -0.05) is 0 Å². The van der Waals surface area contributed by atoms with E-state index in [2.05, 4.69) is 4.74 Å². The molecule has 0 aliphatic heterocycles. The van der Waals surface area contributed by atoms with Crippen molar-refractivity contribution in [3.05, 3.63) is 27.8 Å². The number of hydrogen-bond acceptors (Lipinski definition) is 5. The van der Waals surface area contributed by atoms with Gasteiger partial charge in [0.15, 0.2) is 0 Å². The Bertz CT molecular complexity index is 470. The molecule has 0 radical (unpaired) electrons. The highest BCUT2D eigenvalue weighted by Crippen LogP contribution is 2.34. The normalized spacial score (nSPS) is 9.88. The lowest BCUT2D eigenvalue weighted by atomic mass is 10.1. The zero-order valence-electron chi connectivity index (χ0n) is 7.68. The van der Waals surface area contributed by atoms with Gasteiger partial charge in [-0.25, -0.2) is 0 Å². The van der Waals surface area contributed by atoms with Gasteiger partial charge in [-0.05, 0) is 6.07 Å². The number of rotatable bonds is 3. The van der Waals surface area contributed by atoms with Crippen molar-refractivity contribution in [2.45, 2.75) is 6.61 Å². The van der Waals surface area contributed by atoms with Crippen LogP contribution < -0.4 is 10.5 Å². The van der Waals surface area contributed by atoms with Gasteiger partial charge in [0, 0.05) is 11.8 Å². The van der Waals surface area contributed by atoms with Gasteiger partial charge in [-0.3, -0.25) is 10.1 Å². The summed E-state index contributed by atoms with van der Waals surface area (Å²) in [6, 6.07) is 3.36. The largest absolute Gasteiger partial charge is 0.427 e. The van der Waals surface area contributed by atoms with Crippen molar-refractivity contribution in [1.82, 2.24) is 0 Å². The summed E-state index contributed by atoms with van der Waals surface area (Å²) in [5.41, 5.74) is 3.96. The molecule has 84 valence electrons. The zero-order valence-corrected chi connectivity index (χ0v) is 7.68. The first-order valence-electron chi connectivity index (χ1n) is 3.88. The SMILES string of the molecule is N#Cc1cc(N)cc(OC(F)F)c1[N+](=O)[O-]. The lowest BCUT2D eigenvalue weighted by molar-refractivity contribution is -0.386. The molecule has 0 heterocycles. The monoisotopic (exact) mass is 229 g/mol. The fourth-order valence-electron chi connectivity index (χ4n) is 1.09. The van der Waals surface area contributed by atoms with Crippen LogP contribution in [0.1, 0.15) is 5.56 Å². The van der Waals surface area contributed by atoms with Gasteiger partial charge in [0.2, 0.25) is 5.75 Å². The van der Waals surface area contributed by atoms with Crippen LogP contribution in [0.5, 0.6) is 5.75 Å². The van der Waals surface area contributed by atoms with Gasteiger partial charge >= 0.3 is 12.3 Å². The van der Waals surface area contributed by atoms with E-state index >= 15 is 0 Å². The minimum absolute atomic E-state index is 0.0715.